The third-order valence-electron chi connectivity index (χ3n) is 5.85. The first-order chi connectivity index (χ1) is 15.1. The Kier molecular flexibility index (Phi) is 6.05. The van der Waals surface area contributed by atoms with Crippen molar-refractivity contribution < 1.29 is 9.59 Å². The van der Waals surface area contributed by atoms with Crippen molar-refractivity contribution in [1.82, 2.24) is 15.1 Å². The lowest BCUT2D eigenvalue weighted by molar-refractivity contribution is 0.0731. The van der Waals surface area contributed by atoms with Gasteiger partial charge in [0.15, 0.2) is 0 Å². The molecule has 2 amide bonds. The van der Waals surface area contributed by atoms with Gasteiger partial charge in [-0.25, -0.2) is 0 Å². The number of carbonyl (C=O) groups excluding carboxylic acids is 2. The fraction of sp³-hybridized carbons (Fsp3) is 0.348. The first-order valence-electron chi connectivity index (χ1n) is 10.5. The highest BCUT2D eigenvalue weighted by atomic mass is 16.2. The first kappa shape index (κ1) is 20.7. The van der Waals surface area contributed by atoms with Crippen LogP contribution in [-0.4, -0.2) is 74.0 Å². The molecule has 2 aromatic carbocycles. The summed E-state index contributed by atoms with van der Waals surface area (Å²) in [4.78, 5) is 31.2. The minimum absolute atomic E-state index is 0.0117. The number of hydrogen-bond acceptors (Lipinski definition) is 6. The molecule has 2 aliphatic heterocycles. The van der Waals surface area contributed by atoms with Crippen molar-refractivity contribution >= 4 is 23.2 Å². The van der Waals surface area contributed by atoms with Crippen LogP contribution in [0, 0.1) is 11.3 Å². The van der Waals surface area contributed by atoms with Gasteiger partial charge >= 0.3 is 0 Å². The maximum atomic E-state index is 12.7. The van der Waals surface area contributed by atoms with E-state index >= 15 is 0 Å². The van der Waals surface area contributed by atoms with Crippen molar-refractivity contribution in [3.05, 3.63) is 59.2 Å². The second-order valence-corrected chi connectivity index (χ2v) is 7.78. The Hall–Kier alpha value is -3.57. The highest BCUT2D eigenvalue weighted by Crippen LogP contribution is 2.26. The summed E-state index contributed by atoms with van der Waals surface area (Å²) in [5.74, 6) is -0.0216. The first-order valence-corrected chi connectivity index (χ1v) is 10.5. The molecular weight excluding hydrogens is 392 g/mol. The Bertz CT molecular complexity index is 1000. The predicted molar refractivity (Wildman–Crippen MR) is 119 cm³/mol. The van der Waals surface area contributed by atoms with Crippen LogP contribution in [0.25, 0.3) is 0 Å². The molecule has 2 aliphatic rings. The molecule has 8 heteroatoms. The van der Waals surface area contributed by atoms with Crippen molar-refractivity contribution in [2.75, 3.05) is 63.0 Å². The highest BCUT2D eigenvalue weighted by Gasteiger charge is 2.24. The molecule has 160 valence electrons. The Morgan fingerprint density at radius 2 is 1.42 bits per heavy atom. The maximum absolute atomic E-state index is 12.7. The van der Waals surface area contributed by atoms with Crippen LogP contribution in [0.4, 0.5) is 11.4 Å². The smallest absolute Gasteiger partial charge is 0.254 e. The number of nitriles is 1. The lowest BCUT2D eigenvalue weighted by atomic mass is 10.1. The Morgan fingerprint density at radius 1 is 0.839 bits per heavy atom. The number of piperazine rings is 2. The fourth-order valence-electron chi connectivity index (χ4n) is 4.05. The monoisotopic (exact) mass is 418 g/mol. The summed E-state index contributed by atoms with van der Waals surface area (Å²) in [6.07, 6.45) is 0. The summed E-state index contributed by atoms with van der Waals surface area (Å²) in [7, 11) is 0. The van der Waals surface area contributed by atoms with Gasteiger partial charge in [-0.3, -0.25) is 9.59 Å². The number of amides is 2. The van der Waals surface area contributed by atoms with Crippen LogP contribution in [0.3, 0.4) is 0 Å². The Morgan fingerprint density at radius 3 is 2.03 bits per heavy atom. The number of anilines is 2. The minimum atomic E-state index is -0.0333. The Labute approximate surface area is 181 Å². The molecule has 2 aromatic rings. The van der Waals surface area contributed by atoms with E-state index in [4.69, 9.17) is 11.0 Å². The molecule has 0 atom stereocenters. The van der Waals surface area contributed by atoms with Crippen LogP contribution in [0.5, 0.6) is 0 Å². The van der Waals surface area contributed by atoms with Crippen molar-refractivity contribution in [2.24, 2.45) is 0 Å². The van der Waals surface area contributed by atoms with Crippen LogP contribution in [0.2, 0.25) is 0 Å². The van der Waals surface area contributed by atoms with E-state index in [-0.39, 0.29) is 11.8 Å². The largest absolute Gasteiger partial charge is 0.397 e. The van der Waals surface area contributed by atoms with Crippen LogP contribution >= 0.6 is 0 Å². The number of nitrogens with two attached hydrogens (primary N) is 1. The number of nitrogens with zero attached hydrogens (tertiary/aromatic N) is 4. The van der Waals surface area contributed by atoms with E-state index in [2.05, 4.69) is 16.3 Å². The van der Waals surface area contributed by atoms with E-state index in [1.807, 2.05) is 21.9 Å². The normalized spacial score (nSPS) is 16.7. The van der Waals surface area contributed by atoms with E-state index in [0.29, 0.717) is 61.6 Å². The van der Waals surface area contributed by atoms with E-state index < -0.39 is 0 Å². The average Bonchev–Trinajstić information content (AvgIpc) is 2.84. The minimum Gasteiger partial charge on any atom is -0.397 e. The topological polar surface area (TPSA) is 106 Å². The number of benzene rings is 2. The molecule has 2 heterocycles. The van der Waals surface area contributed by atoms with E-state index in [1.165, 1.54) is 0 Å². The van der Waals surface area contributed by atoms with Crippen molar-refractivity contribution in [3.8, 4) is 6.07 Å². The van der Waals surface area contributed by atoms with Crippen molar-refractivity contribution in [3.63, 3.8) is 0 Å². The molecule has 0 spiro atoms. The molecule has 4 rings (SSSR count). The van der Waals surface area contributed by atoms with Gasteiger partial charge in [-0.2, -0.15) is 5.26 Å². The van der Waals surface area contributed by atoms with Crippen molar-refractivity contribution in [1.29, 1.82) is 5.26 Å². The van der Waals surface area contributed by atoms with Crippen LogP contribution in [-0.2, 0) is 0 Å². The molecule has 0 unspecified atom stereocenters. The van der Waals surface area contributed by atoms with Gasteiger partial charge in [-0.1, -0.05) is 0 Å². The summed E-state index contributed by atoms with van der Waals surface area (Å²) < 4.78 is 0. The second-order valence-electron chi connectivity index (χ2n) is 7.78. The zero-order chi connectivity index (χ0) is 21.8. The summed E-state index contributed by atoms with van der Waals surface area (Å²) in [6.45, 7) is 5.52. The van der Waals surface area contributed by atoms with Gasteiger partial charge in [-0.15, -0.1) is 0 Å². The lowest BCUT2D eigenvalue weighted by Gasteiger charge is -2.36. The van der Waals surface area contributed by atoms with E-state index in [1.54, 1.807) is 30.3 Å². The van der Waals surface area contributed by atoms with E-state index in [0.717, 1.165) is 18.8 Å². The van der Waals surface area contributed by atoms with Crippen molar-refractivity contribution in [2.45, 2.75) is 0 Å². The number of rotatable bonds is 3. The summed E-state index contributed by atoms with van der Waals surface area (Å²) in [6, 6.07) is 14.3. The highest BCUT2D eigenvalue weighted by molar-refractivity contribution is 5.96. The molecule has 0 saturated carbocycles. The van der Waals surface area contributed by atoms with Crippen LogP contribution in [0.1, 0.15) is 26.3 Å². The Balaban J connectivity index is 1.38. The zero-order valence-corrected chi connectivity index (χ0v) is 17.4. The zero-order valence-electron chi connectivity index (χ0n) is 17.4. The number of nitrogens with one attached hydrogen (secondary N) is 1. The van der Waals surface area contributed by atoms with Gasteiger partial charge in [0.2, 0.25) is 0 Å². The molecule has 0 bridgehead atoms. The van der Waals surface area contributed by atoms with E-state index in [9.17, 15) is 9.59 Å². The summed E-state index contributed by atoms with van der Waals surface area (Å²) in [5.41, 5.74) is 9.50. The van der Waals surface area contributed by atoms with Gasteiger partial charge in [0.05, 0.1) is 23.0 Å². The van der Waals surface area contributed by atoms with Gasteiger partial charge in [0.1, 0.15) is 0 Å². The SMILES string of the molecule is N#Cc1ccc(C(=O)N2CCN(c3ccc(C(=O)N4CCNCC4)cc3N)CC2)cc1. The van der Waals surface area contributed by atoms with Crippen LogP contribution in [0.15, 0.2) is 42.5 Å². The van der Waals surface area contributed by atoms with Crippen LogP contribution < -0.4 is 16.0 Å². The third-order valence-corrected chi connectivity index (χ3v) is 5.85. The number of carbonyl (C=O) groups is 2. The molecular formula is C23H26N6O2. The molecule has 3 N–H and O–H groups in total. The number of nitrogen functional groups attached to an aromatic ring is 1. The molecule has 2 saturated heterocycles. The molecule has 8 nitrogen and oxygen atoms in total. The quantitative estimate of drug-likeness (QED) is 0.725. The standard InChI is InChI=1S/C23H26N6O2/c24-16-17-1-3-18(4-2-17)22(30)29-13-11-27(12-14-29)21-6-5-19(15-20(21)25)23(31)28-9-7-26-8-10-28/h1-6,15,26H,7-14,25H2. The average molecular weight is 419 g/mol. The summed E-state index contributed by atoms with van der Waals surface area (Å²) in [5, 5.41) is 12.2. The van der Waals surface area contributed by atoms with Gasteiger partial charge in [0, 0.05) is 63.5 Å². The van der Waals surface area contributed by atoms with Gasteiger partial charge < -0.3 is 25.8 Å². The molecule has 0 aromatic heterocycles. The predicted octanol–water partition coefficient (Wildman–Crippen LogP) is 1.15. The molecule has 31 heavy (non-hydrogen) atoms. The van der Waals surface area contributed by atoms with Gasteiger partial charge in [0.25, 0.3) is 11.8 Å². The third kappa shape index (κ3) is 4.47. The molecule has 2 fully saturated rings. The second kappa shape index (κ2) is 9.06. The fourth-order valence-corrected chi connectivity index (χ4v) is 4.05. The van der Waals surface area contributed by atoms with Gasteiger partial charge in [-0.05, 0) is 42.5 Å². The summed E-state index contributed by atoms with van der Waals surface area (Å²) >= 11 is 0. The molecule has 0 radical (unpaired) electrons. The molecule has 0 aliphatic carbocycles. The number of hydrogen-bond donors (Lipinski definition) is 2. The lowest BCUT2D eigenvalue weighted by Crippen LogP contribution is -2.49. The maximum Gasteiger partial charge on any atom is 0.254 e.